The van der Waals surface area contributed by atoms with E-state index in [1.54, 1.807) is 13.0 Å². The van der Waals surface area contributed by atoms with Gasteiger partial charge in [0.05, 0.1) is 12.2 Å². The molecule has 2 rings (SSSR count). The van der Waals surface area contributed by atoms with Gasteiger partial charge in [-0.25, -0.2) is 4.39 Å². The molecule has 0 aromatic heterocycles. The molecule has 2 unspecified atom stereocenters. The number of benzene rings is 1. The summed E-state index contributed by atoms with van der Waals surface area (Å²) in [7, 11) is 0. The Bertz CT molecular complexity index is 479. The minimum atomic E-state index is -0.502. The molecule has 1 aromatic carbocycles. The first kappa shape index (κ1) is 14.8. The van der Waals surface area contributed by atoms with Crippen LogP contribution in [0.4, 0.5) is 4.39 Å². The van der Waals surface area contributed by atoms with Crippen LogP contribution in [0.15, 0.2) is 18.2 Å². The van der Waals surface area contributed by atoms with Crippen LogP contribution in [0.1, 0.15) is 30.6 Å². The number of ether oxygens (including phenoxy) is 1. The van der Waals surface area contributed by atoms with Crippen molar-refractivity contribution < 1.29 is 13.9 Å². The van der Waals surface area contributed by atoms with Crippen LogP contribution in [0.5, 0.6) is 5.75 Å². The van der Waals surface area contributed by atoms with Crippen molar-refractivity contribution in [3.05, 3.63) is 29.6 Å². The number of carbonyl (C=O) groups is 1. The van der Waals surface area contributed by atoms with Gasteiger partial charge in [-0.1, -0.05) is 13.0 Å². The highest BCUT2D eigenvalue weighted by atomic mass is 19.1. The minimum absolute atomic E-state index is 0.0362. The summed E-state index contributed by atoms with van der Waals surface area (Å²) in [4.78, 5) is 12.3. The summed E-state index contributed by atoms with van der Waals surface area (Å²) in [5.41, 5.74) is 0.262. The summed E-state index contributed by atoms with van der Waals surface area (Å²) in [6.45, 7) is 5.95. The van der Waals surface area contributed by atoms with Crippen LogP contribution < -0.4 is 15.4 Å². The second-order valence-corrected chi connectivity index (χ2v) is 5.10. The Labute approximate surface area is 118 Å². The summed E-state index contributed by atoms with van der Waals surface area (Å²) in [6.07, 6.45) is 0.881. The fourth-order valence-corrected chi connectivity index (χ4v) is 2.45. The van der Waals surface area contributed by atoms with Crippen molar-refractivity contribution in [3.8, 4) is 5.75 Å². The maximum Gasteiger partial charge on any atom is 0.255 e. The second kappa shape index (κ2) is 6.70. The topological polar surface area (TPSA) is 50.4 Å². The molecular weight excluding hydrogens is 259 g/mol. The zero-order valence-corrected chi connectivity index (χ0v) is 11.9. The summed E-state index contributed by atoms with van der Waals surface area (Å²) in [5.74, 6) is -0.379. The van der Waals surface area contributed by atoms with E-state index in [2.05, 4.69) is 17.6 Å². The SMILES string of the molecule is CCOc1c(F)cccc1C(=O)NC1CCNCC1C. The van der Waals surface area contributed by atoms with Gasteiger partial charge in [-0.05, 0) is 44.5 Å². The Morgan fingerprint density at radius 2 is 2.35 bits per heavy atom. The van der Waals surface area contributed by atoms with Gasteiger partial charge >= 0.3 is 0 Å². The summed E-state index contributed by atoms with van der Waals surface area (Å²) >= 11 is 0. The molecule has 1 heterocycles. The molecule has 4 nitrogen and oxygen atoms in total. The Morgan fingerprint density at radius 3 is 3.05 bits per heavy atom. The lowest BCUT2D eigenvalue weighted by atomic mass is 9.95. The van der Waals surface area contributed by atoms with Gasteiger partial charge in [0.1, 0.15) is 0 Å². The third kappa shape index (κ3) is 3.28. The number of nitrogens with one attached hydrogen (secondary N) is 2. The van der Waals surface area contributed by atoms with E-state index in [1.165, 1.54) is 12.1 Å². The molecule has 110 valence electrons. The van der Waals surface area contributed by atoms with Crippen molar-refractivity contribution in [1.82, 2.24) is 10.6 Å². The lowest BCUT2D eigenvalue weighted by Gasteiger charge is -2.30. The first-order chi connectivity index (χ1) is 9.63. The quantitative estimate of drug-likeness (QED) is 0.886. The molecule has 1 amide bonds. The summed E-state index contributed by atoms with van der Waals surface area (Å²) in [6, 6.07) is 4.53. The monoisotopic (exact) mass is 280 g/mol. The van der Waals surface area contributed by atoms with Crippen molar-refractivity contribution in [2.75, 3.05) is 19.7 Å². The fraction of sp³-hybridized carbons (Fsp3) is 0.533. The molecule has 1 aliphatic rings. The van der Waals surface area contributed by atoms with E-state index in [0.29, 0.717) is 12.5 Å². The van der Waals surface area contributed by atoms with Crippen LogP contribution in [-0.4, -0.2) is 31.6 Å². The van der Waals surface area contributed by atoms with Gasteiger partial charge in [0.25, 0.3) is 5.91 Å². The number of hydrogen-bond donors (Lipinski definition) is 2. The fourth-order valence-electron chi connectivity index (χ4n) is 2.45. The number of para-hydroxylation sites is 1. The molecule has 0 spiro atoms. The third-order valence-electron chi connectivity index (χ3n) is 3.60. The zero-order valence-electron chi connectivity index (χ0n) is 11.9. The molecule has 2 N–H and O–H groups in total. The predicted octanol–water partition coefficient (Wildman–Crippen LogP) is 1.95. The maximum absolute atomic E-state index is 13.7. The number of hydrogen-bond acceptors (Lipinski definition) is 3. The van der Waals surface area contributed by atoms with Crippen LogP contribution in [-0.2, 0) is 0 Å². The van der Waals surface area contributed by atoms with E-state index in [-0.39, 0.29) is 23.3 Å². The van der Waals surface area contributed by atoms with Crippen LogP contribution >= 0.6 is 0 Å². The van der Waals surface area contributed by atoms with E-state index >= 15 is 0 Å². The van der Waals surface area contributed by atoms with Gasteiger partial charge in [0.15, 0.2) is 11.6 Å². The third-order valence-corrected chi connectivity index (χ3v) is 3.60. The first-order valence-electron chi connectivity index (χ1n) is 7.06. The average Bonchev–Trinajstić information content (AvgIpc) is 2.43. The lowest BCUT2D eigenvalue weighted by Crippen LogP contribution is -2.48. The van der Waals surface area contributed by atoms with Crippen LogP contribution in [0.3, 0.4) is 0 Å². The first-order valence-corrected chi connectivity index (χ1v) is 7.06. The van der Waals surface area contributed by atoms with Gasteiger partial charge in [-0.2, -0.15) is 0 Å². The van der Waals surface area contributed by atoms with Crippen LogP contribution in [0.25, 0.3) is 0 Å². The molecular formula is C15H21FN2O2. The highest BCUT2D eigenvalue weighted by Gasteiger charge is 2.25. The van der Waals surface area contributed by atoms with Gasteiger partial charge < -0.3 is 15.4 Å². The van der Waals surface area contributed by atoms with Crippen LogP contribution in [0.2, 0.25) is 0 Å². The predicted molar refractivity (Wildman–Crippen MR) is 75.5 cm³/mol. The lowest BCUT2D eigenvalue weighted by molar-refractivity contribution is 0.0909. The van der Waals surface area contributed by atoms with Gasteiger partial charge in [-0.15, -0.1) is 0 Å². The molecule has 2 atom stereocenters. The Kier molecular flexibility index (Phi) is 4.95. The van der Waals surface area contributed by atoms with Gasteiger partial charge in [0.2, 0.25) is 0 Å². The Morgan fingerprint density at radius 1 is 1.55 bits per heavy atom. The van der Waals surface area contributed by atoms with Crippen molar-refractivity contribution in [2.24, 2.45) is 5.92 Å². The molecule has 20 heavy (non-hydrogen) atoms. The van der Waals surface area contributed by atoms with Gasteiger partial charge in [0, 0.05) is 6.04 Å². The minimum Gasteiger partial charge on any atom is -0.490 e. The largest absolute Gasteiger partial charge is 0.490 e. The normalized spacial score (nSPS) is 22.4. The number of carbonyl (C=O) groups excluding carboxylic acids is 1. The molecule has 0 aliphatic carbocycles. The van der Waals surface area contributed by atoms with Crippen molar-refractivity contribution in [1.29, 1.82) is 0 Å². The Hall–Kier alpha value is -1.62. The second-order valence-electron chi connectivity index (χ2n) is 5.10. The molecule has 1 aliphatic heterocycles. The molecule has 5 heteroatoms. The van der Waals surface area contributed by atoms with Crippen molar-refractivity contribution in [3.63, 3.8) is 0 Å². The average molecular weight is 280 g/mol. The zero-order chi connectivity index (χ0) is 14.5. The molecule has 1 fully saturated rings. The van der Waals surface area contributed by atoms with E-state index in [9.17, 15) is 9.18 Å². The maximum atomic E-state index is 13.7. The standard InChI is InChI=1S/C15H21FN2O2/c1-3-20-14-11(5-4-6-12(14)16)15(19)18-13-7-8-17-9-10(13)2/h4-6,10,13,17H,3,7-9H2,1-2H3,(H,18,19). The van der Waals surface area contributed by atoms with Crippen molar-refractivity contribution in [2.45, 2.75) is 26.3 Å². The van der Waals surface area contributed by atoms with Crippen molar-refractivity contribution >= 4 is 5.91 Å². The van der Waals surface area contributed by atoms with E-state index in [0.717, 1.165) is 19.5 Å². The molecule has 0 radical (unpaired) electrons. The van der Waals surface area contributed by atoms with E-state index < -0.39 is 5.82 Å². The highest BCUT2D eigenvalue weighted by Crippen LogP contribution is 2.23. The summed E-state index contributed by atoms with van der Waals surface area (Å²) in [5, 5.41) is 6.27. The number of piperidine rings is 1. The molecule has 0 saturated carbocycles. The number of rotatable bonds is 4. The summed E-state index contributed by atoms with van der Waals surface area (Å²) < 4.78 is 19.0. The van der Waals surface area contributed by atoms with E-state index in [4.69, 9.17) is 4.74 Å². The van der Waals surface area contributed by atoms with Crippen LogP contribution in [0, 0.1) is 11.7 Å². The Balaban J connectivity index is 2.14. The highest BCUT2D eigenvalue weighted by molar-refractivity contribution is 5.97. The molecule has 0 bridgehead atoms. The molecule has 1 aromatic rings. The number of halogens is 1. The molecule has 1 saturated heterocycles. The number of amides is 1. The van der Waals surface area contributed by atoms with E-state index in [1.807, 2.05) is 0 Å². The smallest absolute Gasteiger partial charge is 0.255 e. The van der Waals surface area contributed by atoms with Gasteiger partial charge in [-0.3, -0.25) is 4.79 Å².